The van der Waals surface area contributed by atoms with Crippen molar-refractivity contribution in [3.8, 4) is 11.5 Å². The van der Waals surface area contributed by atoms with Crippen LogP contribution in [-0.4, -0.2) is 68.5 Å². The minimum atomic E-state index is -0.598. The van der Waals surface area contributed by atoms with E-state index < -0.39 is 6.10 Å². The van der Waals surface area contributed by atoms with Crippen LogP contribution in [0, 0.1) is 6.92 Å². The molecule has 6 nitrogen and oxygen atoms in total. The van der Waals surface area contributed by atoms with Crippen molar-refractivity contribution in [2.24, 2.45) is 0 Å². The van der Waals surface area contributed by atoms with Gasteiger partial charge in [0.15, 0.2) is 17.3 Å². The molecule has 2 aromatic rings. The van der Waals surface area contributed by atoms with E-state index >= 15 is 0 Å². The number of carbonyl (C=O) groups is 1. The van der Waals surface area contributed by atoms with Gasteiger partial charge in [0.2, 0.25) is 0 Å². The highest BCUT2D eigenvalue weighted by atomic mass is 35.5. The number of halogens is 1. The molecule has 1 saturated heterocycles. The Hall–Kier alpha value is -2.12. The van der Waals surface area contributed by atoms with E-state index in [9.17, 15) is 9.90 Å². The smallest absolute Gasteiger partial charge is 0.163 e. The summed E-state index contributed by atoms with van der Waals surface area (Å²) in [7, 11) is 1.59. The Morgan fingerprint density at radius 3 is 2.52 bits per heavy atom. The summed E-state index contributed by atoms with van der Waals surface area (Å²) in [5, 5.41) is 10.3. The van der Waals surface area contributed by atoms with Crippen LogP contribution in [0.4, 0.5) is 0 Å². The molecule has 0 radical (unpaired) electrons. The lowest BCUT2D eigenvalue weighted by molar-refractivity contribution is 0.00444. The third-order valence-corrected chi connectivity index (χ3v) is 5.25. The summed E-state index contributed by atoms with van der Waals surface area (Å²) in [6, 6.07) is 13.3. The van der Waals surface area contributed by atoms with E-state index in [2.05, 4.69) is 4.90 Å². The fourth-order valence-electron chi connectivity index (χ4n) is 3.45. The number of rotatable bonds is 10. The van der Waals surface area contributed by atoms with E-state index in [1.165, 1.54) is 0 Å². The van der Waals surface area contributed by atoms with Gasteiger partial charge in [0.1, 0.15) is 12.7 Å². The number of β-amino-alcohol motifs (C(OH)–C–C–N with tert-alkyl or cyclic N) is 1. The Bertz CT molecular complexity index is 821. The molecule has 7 heteroatoms. The highest BCUT2D eigenvalue weighted by Gasteiger charge is 2.16. The van der Waals surface area contributed by atoms with E-state index in [0.29, 0.717) is 44.1 Å². The zero-order valence-corrected chi connectivity index (χ0v) is 19.0. The molecule has 1 fully saturated rings. The molecule has 1 aliphatic heterocycles. The molecule has 1 aliphatic rings. The van der Waals surface area contributed by atoms with Crippen molar-refractivity contribution in [3.63, 3.8) is 0 Å². The number of nitrogens with zero attached hydrogens (tertiary/aromatic N) is 1. The van der Waals surface area contributed by atoms with Crippen molar-refractivity contribution in [2.45, 2.75) is 25.9 Å². The molecule has 0 saturated carbocycles. The topological polar surface area (TPSA) is 68.2 Å². The molecule has 0 aliphatic carbocycles. The van der Waals surface area contributed by atoms with Gasteiger partial charge < -0.3 is 19.3 Å². The quantitative estimate of drug-likeness (QED) is 0.561. The number of methoxy groups -OCH3 is 1. The predicted octanol–water partition coefficient (Wildman–Crippen LogP) is 3.31. The van der Waals surface area contributed by atoms with Crippen molar-refractivity contribution in [1.82, 2.24) is 4.90 Å². The van der Waals surface area contributed by atoms with E-state index in [-0.39, 0.29) is 24.8 Å². The second-order valence-electron chi connectivity index (χ2n) is 7.65. The average Bonchev–Trinajstić information content (AvgIpc) is 2.77. The van der Waals surface area contributed by atoms with Crippen LogP contribution in [-0.2, 0) is 11.2 Å². The summed E-state index contributed by atoms with van der Waals surface area (Å²) in [4.78, 5) is 14.6. The second-order valence-corrected chi connectivity index (χ2v) is 7.65. The van der Waals surface area contributed by atoms with Gasteiger partial charge >= 0.3 is 0 Å². The van der Waals surface area contributed by atoms with Crippen molar-refractivity contribution in [3.05, 3.63) is 59.2 Å². The first-order chi connectivity index (χ1) is 14.5. The van der Waals surface area contributed by atoms with Crippen LogP contribution in [0.25, 0.3) is 0 Å². The van der Waals surface area contributed by atoms with Crippen LogP contribution in [0.2, 0.25) is 0 Å². The summed E-state index contributed by atoms with van der Waals surface area (Å²) in [6.45, 7) is 5.78. The van der Waals surface area contributed by atoms with Gasteiger partial charge in [0.25, 0.3) is 0 Å². The zero-order valence-electron chi connectivity index (χ0n) is 18.2. The van der Waals surface area contributed by atoms with E-state index in [1.807, 2.05) is 49.4 Å². The molecule has 0 amide bonds. The number of ether oxygens (including phenoxy) is 3. The molecule has 1 atom stereocenters. The van der Waals surface area contributed by atoms with Crippen LogP contribution in [0.15, 0.2) is 42.5 Å². The summed E-state index contributed by atoms with van der Waals surface area (Å²) < 4.78 is 16.6. The molecular weight excluding hydrogens is 418 g/mol. The van der Waals surface area contributed by atoms with Crippen LogP contribution in [0.1, 0.15) is 27.9 Å². The summed E-state index contributed by atoms with van der Waals surface area (Å²) in [5.74, 6) is 1.32. The van der Waals surface area contributed by atoms with Crippen LogP contribution < -0.4 is 9.47 Å². The minimum Gasteiger partial charge on any atom is -0.493 e. The Balaban J connectivity index is 0.00000341. The minimum absolute atomic E-state index is 0. The lowest BCUT2D eigenvalue weighted by Gasteiger charge is -2.28. The van der Waals surface area contributed by atoms with Gasteiger partial charge in [-0.15, -0.1) is 12.4 Å². The zero-order chi connectivity index (χ0) is 21.3. The Morgan fingerprint density at radius 2 is 1.84 bits per heavy atom. The molecule has 1 heterocycles. The van der Waals surface area contributed by atoms with Gasteiger partial charge in [-0.3, -0.25) is 9.69 Å². The first kappa shape index (κ1) is 25.1. The van der Waals surface area contributed by atoms with Crippen molar-refractivity contribution in [2.75, 3.05) is 46.6 Å². The lowest BCUT2D eigenvalue weighted by Crippen LogP contribution is -2.42. The summed E-state index contributed by atoms with van der Waals surface area (Å²) >= 11 is 0. The molecule has 0 bridgehead atoms. The maximum Gasteiger partial charge on any atom is 0.163 e. The number of aliphatic hydroxyl groups is 1. The van der Waals surface area contributed by atoms with E-state index in [1.54, 1.807) is 7.11 Å². The number of hydrogen-bond acceptors (Lipinski definition) is 6. The Kier molecular flexibility index (Phi) is 10.3. The van der Waals surface area contributed by atoms with Crippen molar-refractivity contribution in [1.29, 1.82) is 0 Å². The molecule has 3 rings (SSSR count). The van der Waals surface area contributed by atoms with Gasteiger partial charge in [0, 0.05) is 31.6 Å². The highest BCUT2D eigenvalue weighted by Crippen LogP contribution is 2.29. The number of Topliss-reactive ketones (excluding diaryl/α,β-unsaturated/α-hetero) is 1. The van der Waals surface area contributed by atoms with Crippen LogP contribution in [0.5, 0.6) is 11.5 Å². The third-order valence-electron chi connectivity index (χ3n) is 5.25. The molecule has 31 heavy (non-hydrogen) atoms. The predicted molar refractivity (Wildman–Crippen MR) is 123 cm³/mol. The number of hydrogen-bond donors (Lipinski definition) is 1. The fraction of sp³-hybridized carbons (Fsp3) is 0.458. The average molecular weight is 450 g/mol. The van der Waals surface area contributed by atoms with Crippen LogP contribution in [0.3, 0.4) is 0 Å². The van der Waals surface area contributed by atoms with Gasteiger partial charge in [-0.25, -0.2) is 0 Å². The maximum atomic E-state index is 12.4. The second kappa shape index (κ2) is 12.7. The molecule has 1 unspecified atom stereocenters. The van der Waals surface area contributed by atoms with E-state index in [4.69, 9.17) is 14.2 Å². The molecular formula is C24H32ClNO5. The van der Waals surface area contributed by atoms with Crippen LogP contribution >= 0.6 is 12.4 Å². The lowest BCUT2D eigenvalue weighted by atomic mass is 10.0. The van der Waals surface area contributed by atoms with Gasteiger partial charge in [-0.05, 0) is 31.0 Å². The molecule has 1 N–H and O–H groups in total. The number of aryl methyl sites for hydroxylation is 2. The molecule has 170 valence electrons. The third kappa shape index (κ3) is 7.82. The molecule has 0 spiro atoms. The number of ketones is 1. The maximum absolute atomic E-state index is 12.4. The number of morpholine rings is 1. The first-order valence-corrected chi connectivity index (χ1v) is 10.4. The monoisotopic (exact) mass is 449 g/mol. The van der Waals surface area contributed by atoms with Crippen molar-refractivity contribution < 1.29 is 24.1 Å². The summed E-state index contributed by atoms with van der Waals surface area (Å²) in [6.07, 6.45) is 0.442. The fourth-order valence-corrected chi connectivity index (χ4v) is 3.45. The molecule has 2 aromatic carbocycles. The normalized spacial score (nSPS) is 15.1. The van der Waals surface area contributed by atoms with E-state index in [0.717, 1.165) is 29.8 Å². The standard InChI is InChI=1S/C24H31NO5.ClH/c1-18-3-7-20(8-4-18)22(27)9-5-19-6-10-23(28-2)24(15-19)30-17-21(26)16-25-11-13-29-14-12-25;/h3-4,6-8,10,15,21,26H,5,9,11-14,16-17H2,1-2H3;1H. The van der Waals surface area contributed by atoms with Gasteiger partial charge in [-0.2, -0.15) is 0 Å². The Morgan fingerprint density at radius 1 is 1.13 bits per heavy atom. The number of aliphatic hydroxyl groups excluding tert-OH is 1. The SMILES string of the molecule is COc1ccc(CCC(=O)c2ccc(C)cc2)cc1OCC(O)CN1CCOCC1.Cl. The first-order valence-electron chi connectivity index (χ1n) is 10.4. The summed E-state index contributed by atoms with van der Waals surface area (Å²) in [5.41, 5.74) is 2.87. The largest absolute Gasteiger partial charge is 0.493 e. The van der Waals surface area contributed by atoms with Crippen molar-refractivity contribution >= 4 is 18.2 Å². The Labute approximate surface area is 190 Å². The number of benzene rings is 2. The highest BCUT2D eigenvalue weighted by molar-refractivity contribution is 5.96. The number of carbonyl (C=O) groups excluding carboxylic acids is 1. The van der Waals surface area contributed by atoms with Gasteiger partial charge in [0.05, 0.1) is 20.3 Å². The van der Waals surface area contributed by atoms with Gasteiger partial charge in [-0.1, -0.05) is 35.9 Å². The molecule has 0 aromatic heterocycles.